The number of aromatic nitrogens is 2. The minimum Gasteiger partial charge on any atom is -0.489 e. The van der Waals surface area contributed by atoms with Gasteiger partial charge in [0.2, 0.25) is 0 Å². The van der Waals surface area contributed by atoms with Gasteiger partial charge in [-0.3, -0.25) is 19.6 Å². The minimum absolute atomic E-state index is 0.0424. The number of carbonyl (C=O) groups excluding carboxylic acids is 1. The number of benzene rings is 3. The van der Waals surface area contributed by atoms with Crippen LogP contribution in [0.2, 0.25) is 0 Å². The molecule has 1 amide bonds. The highest BCUT2D eigenvalue weighted by atomic mass is 19.4. The maximum Gasteiger partial charge on any atom is 0.416 e. The zero-order valence-corrected chi connectivity index (χ0v) is 18.6. The summed E-state index contributed by atoms with van der Waals surface area (Å²) >= 11 is 0. The molecule has 1 N–H and O–H groups in total. The van der Waals surface area contributed by atoms with Crippen molar-refractivity contribution in [1.82, 2.24) is 9.78 Å². The molecule has 0 unspecified atom stereocenters. The first kappa shape index (κ1) is 24.5. The lowest BCUT2D eigenvalue weighted by molar-refractivity contribution is -0.384. The van der Waals surface area contributed by atoms with Crippen LogP contribution in [0, 0.1) is 10.1 Å². The van der Waals surface area contributed by atoms with E-state index < -0.39 is 22.6 Å². The number of halogens is 3. The average molecular weight is 496 g/mol. The summed E-state index contributed by atoms with van der Waals surface area (Å²) < 4.78 is 45.8. The smallest absolute Gasteiger partial charge is 0.416 e. The number of nitro groups is 1. The number of nitro benzene ring substituents is 1. The van der Waals surface area contributed by atoms with Crippen molar-refractivity contribution in [2.75, 3.05) is 5.32 Å². The molecule has 0 radical (unpaired) electrons. The number of amides is 1. The molecule has 8 nitrogen and oxygen atoms in total. The standard InChI is InChI=1S/C25H19F3N4O4/c26-25(27,28)20-6-2-3-17(12-20)14-31-15-21(13-29-31)30-24(33)19-5-1-4-18(11-19)16-36-23-9-7-22(8-10-23)32(34)35/h1-13,15H,14,16H2,(H,30,33). The number of rotatable bonds is 8. The highest BCUT2D eigenvalue weighted by Crippen LogP contribution is 2.29. The van der Waals surface area contributed by atoms with Crippen molar-refractivity contribution < 1.29 is 27.6 Å². The summed E-state index contributed by atoms with van der Waals surface area (Å²) in [5.74, 6) is 0.0504. The van der Waals surface area contributed by atoms with Gasteiger partial charge in [-0.15, -0.1) is 0 Å². The topological polar surface area (TPSA) is 99.3 Å². The molecule has 0 bridgehead atoms. The summed E-state index contributed by atoms with van der Waals surface area (Å²) in [6, 6.07) is 17.4. The fourth-order valence-electron chi connectivity index (χ4n) is 3.38. The Bertz CT molecular complexity index is 1380. The number of non-ortho nitro benzene ring substituents is 1. The van der Waals surface area contributed by atoms with Gasteiger partial charge in [0.05, 0.1) is 28.9 Å². The van der Waals surface area contributed by atoms with Gasteiger partial charge in [-0.1, -0.05) is 24.3 Å². The quantitative estimate of drug-likeness (QED) is 0.250. The molecule has 1 aromatic heterocycles. The van der Waals surface area contributed by atoms with Gasteiger partial charge in [0.15, 0.2) is 0 Å². The summed E-state index contributed by atoms with van der Waals surface area (Å²) in [4.78, 5) is 22.9. The van der Waals surface area contributed by atoms with Crippen LogP contribution in [0.5, 0.6) is 5.75 Å². The molecule has 11 heteroatoms. The molecule has 0 aliphatic carbocycles. The van der Waals surface area contributed by atoms with E-state index in [0.717, 1.165) is 12.1 Å². The zero-order chi connectivity index (χ0) is 25.7. The largest absolute Gasteiger partial charge is 0.489 e. The highest BCUT2D eigenvalue weighted by Gasteiger charge is 2.30. The Morgan fingerprint density at radius 2 is 1.75 bits per heavy atom. The van der Waals surface area contributed by atoms with Gasteiger partial charge < -0.3 is 10.1 Å². The van der Waals surface area contributed by atoms with Crippen LogP contribution in [-0.4, -0.2) is 20.6 Å². The van der Waals surface area contributed by atoms with Crippen molar-refractivity contribution in [3.8, 4) is 5.75 Å². The van der Waals surface area contributed by atoms with Gasteiger partial charge in [0.1, 0.15) is 12.4 Å². The van der Waals surface area contributed by atoms with Crippen LogP contribution in [0.1, 0.15) is 27.0 Å². The molecule has 1 heterocycles. The lowest BCUT2D eigenvalue weighted by Crippen LogP contribution is -2.12. The van der Waals surface area contributed by atoms with Gasteiger partial charge in [-0.2, -0.15) is 18.3 Å². The van der Waals surface area contributed by atoms with E-state index in [-0.39, 0.29) is 18.8 Å². The first-order valence-corrected chi connectivity index (χ1v) is 10.6. The van der Waals surface area contributed by atoms with Crippen LogP contribution in [0.4, 0.5) is 24.5 Å². The number of hydrogen-bond donors (Lipinski definition) is 1. The number of anilines is 1. The van der Waals surface area contributed by atoms with E-state index in [1.165, 1.54) is 47.4 Å². The lowest BCUT2D eigenvalue weighted by atomic mass is 10.1. The van der Waals surface area contributed by atoms with E-state index in [4.69, 9.17) is 4.74 Å². The maximum absolute atomic E-state index is 12.9. The molecule has 0 saturated heterocycles. The molecule has 0 aliphatic heterocycles. The van der Waals surface area contributed by atoms with E-state index in [0.29, 0.717) is 28.1 Å². The van der Waals surface area contributed by atoms with Gasteiger partial charge >= 0.3 is 6.18 Å². The zero-order valence-electron chi connectivity index (χ0n) is 18.6. The maximum atomic E-state index is 12.9. The molecule has 4 rings (SSSR count). The third-order valence-corrected chi connectivity index (χ3v) is 5.13. The van der Waals surface area contributed by atoms with Crippen molar-refractivity contribution in [3.05, 3.63) is 118 Å². The first-order valence-electron chi connectivity index (χ1n) is 10.6. The van der Waals surface area contributed by atoms with Crippen LogP contribution >= 0.6 is 0 Å². The lowest BCUT2D eigenvalue weighted by Gasteiger charge is -2.09. The summed E-state index contributed by atoms with van der Waals surface area (Å²) in [5, 5.41) is 17.6. The average Bonchev–Trinajstić information content (AvgIpc) is 3.29. The summed E-state index contributed by atoms with van der Waals surface area (Å²) in [6.45, 7) is 0.253. The SMILES string of the molecule is O=C(Nc1cnn(Cc2cccc(C(F)(F)F)c2)c1)c1cccc(COc2ccc([N+](=O)[O-])cc2)c1. The van der Waals surface area contributed by atoms with Gasteiger partial charge in [-0.05, 0) is 47.5 Å². The van der Waals surface area contributed by atoms with Gasteiger partial charge in [0.25, 0.3) is 11.6 Å². The predicted molar refractivity (Wildman–Crippen MR) is 125 cm³/mol. The minimum atomic E-state index is -4.43. The monoisotopic (exact) mass is 496 g/mol. The van der Waals surface area contributed by atoms with Crippen molar-refractivity contribution in [2.24, 2.45) is 0 Å². The molecule has 0 atom stereocenters. The molecular formula is C25H19F3N4O4. The third kappa shape index (κ3) is 6.26. The second-order valence-electron chi connectivity index (χ2n) is 7.82. The molecule has 0 aliphatic rings. The van der Waals surface area contributed by atoms with Crippen LogP contribution in [0.3, 0.4) is 0 Å². The molecule has 4 aromatic rings. The third-order valence-electron chi connectivity index (χ3n) is 5.13. The highest BCUT2D eigenvalue weighted by molar-refractivity contribution is 6.04. The molecule has 0 spiro atoms. The van der Waals surface area contributed by atoms with Crippen LogP contribution in [0.25, 0.3) is 0 Å². The Labute approximate surface area is 203 Å². The van der Waals surface area contributed by atoms with Crippen molar-refractivity contribution in [2.45, 2.75) is 19.3 Å². The number of alkyl halides is 3. The Kier molecular flexibility index (Phi) is 7.00. The van der Waals surface area contributed by atoms with Gasteiger partial charge in [-0.25, -0.2) is 0 Å². The van der Waals surface area contributed by atoms with Crippen LogP contribution < -0.4 is 10.1 Å². The molecule has 184 valence electrons. The predicted octanol–water partition coefficient (Wildman–Crippen LogP) is 5.69. The fraction of sp³-hybridized carbons (Fsp3) is 0.120. The molecule has 36 heavy (non-hydrogen) atoms. The molecule has 0 saturated carbocycles. The van der Waals surface area contributed by atoms with E-state index >= 15 is 0 Å². The second-order valence-corrected chi connectivity index (χ2v) is 7.82. The summed E-state index contributed by atoms with van der Waals surface area (Å²) in [6.07, 6.45) is -1.49. The second kappa shape index (κ2) is 10.3. The molecular weight excluding hydrogens is 477 g/mol. The van der Waals surface area contributed by atoms with Crippen LogP contribution in [-0.2, 0) is 19.3 Å². The summed E-state index contributed by atoms with van der Waals surface area (Å²) in [7, 11) is 0. The Morgan fingerprint density at radius 3 is 2.47 bits per heavy atom. The van der Waals surface area contributed by atoms with Crippen molar-refractivity contribution in [3.63, 3.8) is 0 Å². The number of nitrogens with zero attached hydrogens (tertiary/aromatic N) is 3. The number of ether oxygens (including phenoxy) is 1. The Hall–Kier alpha value is -4.67. The first-order chi connectivity index (χ1) is 17.2. The summed E-state index contributed by atoms with van der Waals surface area (Å²) in [5.41, 5.74) is 1.11. The normalized spacial score (nSPS) is 11.2. The van der Waals surface area contributed by atoms with E-state index in [9.17, 15) is 28.1 Å². The molecule has 0 fully saturated rings. The number of nitrogens with one attached hydrogen (secondary N) is 1. The number of hydrogen-bond acceptors (Lipinski definition) is 5. The molecule has 3 aromatic carbocycles. The fourth-order valence-corrected chi connectivity index (χ4v) is 3.38. The number of carbonyl (C=O) groups is 1. The van der Waals surface area contributed by atoms with E-state index in [1.54, 1.807) is 30.3 Å². The van der Waals surface area contributed by atoms with Crippen molar-refractivity contribution in [1.29, 1.82) is 0 Å². The Morgan fingerprint density at radius 1 is 1.03 bits per heavy atom. The van der Waals surface area contributed by atoms with Crippen molar-refractivity contribution >= 4 is 17.3 Å². The Balaban J connectivity index is 1.36. The van der Waals surface area contributed by atoms with Crippen LogP contribution in [0.15, 0.2) is 85.2 Å². The van der Waals surface area contributed by atoms with E-state index in [2.05, 4.69) is 10.4 Å². The van der Waals surface area contributed by atoms with Gasteiger partial charge in [0, 0.05) is 23.9 Å². The van der Waals surface area contributed by atoms with E-state index in [1.807, 2.05) is 0 Å².